The van der Waals surface area contributed by atoms with Crippen molar-refractivity contribution in [1.29, 1.82) is 0 Å². The number of anilines is 1. The second-order valence-corrected chi connectivity index (χ2v) is 7.15. The van der Waals surface area contributed by atoms with Crippen molar-refractivity contribution in [1.82, 2.24) is 0 Å². The maximum atomic E-state index is 12.1. The summed E-state index contributed by atoms with van der Waals surface area (Å²) in [5.74, 6) is 0.0772. The fourth-order valence-corrected chi connectivity index (χ4v) is 3.19. The molecular formula is C18H16N2O7S. The molecule has 0 aliphatic carbocycles. The molecule has 10 heteroatoms. The number of esters is 1. The highest BCUT2D eigenvalue weighted by molar-refractivity contribution is 8.00. The number of hydrogen-bond acceptors (Lipinski definition) is 8. The minimum Gasteiger partial charge on any atom is -0.455 e. The van der Waals surface area contributed by atoms with Gasteiger partial charge in [0.05, 0.1) is 4.92 Å². The summed E-state index contributed by atoms with van der Waals surface area (Å²) in [4.78, 5) is 34.9. The normalized spacial score (nSPS) is 12.9. The number of benzene rings is 2. The van der Waals surface area contributed by atoms with E-state index in [-0.39, 0.29) is 12.5 Å². The standard InChI is InChI=1S/C18H16N2O7S/c1-11(28-14-5-3-13(4-6-14)20(23)24)18(22)25-9-17(21)19-12-2-7-15-16(8-12)27-10-26-15/h2-8,11H,9-10H2,1H3,(H,19,21)/t11-/m1/s1. The molecule has 0 bridgehead atoms. The second-order valence-electron chi connectivity index (χ2n) is 5.74. The van der Waals surface area contributed by atoms with Gasteiger partial charge in [0.1, 0.15) is 5.25 Å². The minimum atomic E-state index is -0.584. The van der Waals surface area contributed by atoms with E-state index in [0.29, 0.717) is 22.1 Å². The van der Waals surface area contributed by atoms with Crippen LogP contribution in [0.15, 0.2) is 47.4 Å². The first-order valence-electron chi connectivity index (χ1n) is 8.19. The Balaban J connectivity index is 1.46. The molecule has 1 heterocycles. The molecule has 1 aliphatic heterocycles. The molecule has 1 aliphatic rings. The quantitative estimate of drug-likeness (QED) is 0.324. The average molecular weight is 404 g/mol. The molecule has 1 atom stereocenters. The van der Waals surface area contributed by atoms with Gasteiger partial charge in [-0.15, -0.1) is 11.8 Å². The van der Waals surface area contributed by atoms with Crippen LogP contribution in [-0.2, 0) is 14.3 Å². The van der Waals surface area contributed by atoms with Gasteiger partial charge in [-0.3, -0.25) is 19.7 Å². The van der Waals surface area contributed by atoms with E-state index in [1.807, 2.05) is 0 Å². The Morgan fingerprint density at radius 3 is 2.64 bits per heavy atom. The number of non-ortho nitro benzene ring substituents is 1. The lowest BCUT2D eigenvalue weighted by molar-refractivity contribution is -0.384. The largest absolute Gasteiger partial charge is 0.455 e. The molecule has 28 heavy (non-hydrogen) atoms. The predicted octanol–water partition coefficient (Wildman–Crippen LogP) is 2.99. The van der Waals surface area contributed by atoms with Crippen LogP contribution in [0.3, 0.4) is 0 Å². The van der Waals surface area contributed by atoms with Gasteiger partial charge in [-0.05, 0) is 31.2 Å². The summed E-state index contributed by atoms with van der Waals surface area (Å²) in [7, 11) is 0. The first kappa shape index (κ1) is 19.5. The highest BCUT2D eigenvalue weighted by atomic mass is 32.2. The number of rotatable bonds is 7. The lowest BCUT2D eigenvalue weighted by Gasteiger charge is -2.11. The Bertz CT molecular complexity index is 901. The third-order valence-electron chi connectivity index (χ3n) is 3.69. The van der Waals surface area contributed by atoms with Crippen molar-refractivity contribution in [2.75, 3.05) is 18.7 Å². The van der Waals surface area contributed by atoms with Crippen LogP contribution in [0.1, 0.15) is 6.92 Å². The lowest BCUT2D eigenvalue weighted by atomic mass is 10.3. The zero-order valence-corrected chi connectivity index (χ0v) is 15.6. The van der Waals surface area contributed by atoms with E-state index < -0.39 is 28.7 Å². The van der Waals surface area contributed by atoms with Gasteiger partial charge in [-0.1, -0.05) is 0 Å². The van der Waals surface area contributed by atoms with E-state index >= 15 is 0 Å². The molecule has 3 rings (SSSR count). The van der Waals surface area contributed by atoms with Crippen molar-refractivity contribution in [3.63, 3.8) is 0 Å². The highest BCUT2D eigenvalue weighted by Gasteiger charge is 2.19. The Morgan fingerprint density at radius 1 is 1.21 bits per heavy atom. The summed E-state index contributed by atoms with van der Waals surface area (Å²) in [5.41, 5.74) is 0.471. The average Bonchev–Trinajstić information content (AvgIpc) is 3.14. The number of nitrogens with zero attached hydrogens (tertiary/aromatic N) is 1. The maximum absolute atomic E-state index is 12.1. The van der Waals surface area contributed by atoms with Crippen LogP contribution in [0.25, 0.3) is 0 Å². The Kier molecular flexibility index (Phi) is 5.99. The fraction of sp³-hybridized carbons (Fsp3) is 0.222. The molecule has 2 aromatic carbocycles. The topological polar surface area (TPSA) is 117 Å². The van der Waals surface area contributed by atoms with Crippen LogP contribution < -0.4 is 14.8 Å². The zero-order valence-electron chi connectivity index (χ0n) is 14.7. The van der Waals surface area contributed by atoms with Crippen LogP contribution in [0.5, 0.6) is 11.5 Å². The van der Waals surface area contributed by atoms with E-state index in [1.54, 1.807) is 37.3 Å². The van der Waals surface area contributed by atoms with Gasteiger partial charge in [0.25, 0.3) is 11.6 Å². The third kappa shape index (κ3) is 4.92. The van der Waals surface area contributed by atoms with Crippen molar-refractivity contribution >= 4 is 35.0 Å². The smallest absolute Gasteiger partial charge is 0.319 e. The van der Waals surface area contributed by atoms with Gasteiger partial charge >= 0.3 is 5.97 Å². The summed E-state index contributed by atoms with van der Waals surface area (Å²) < 4.78 is 15.4. The summed E-state index contributed by atoms with van der Waals surface area (Å²) >= 11 is 1.18. The van der Waals surface area contributed by atoms with E-state index in [1.165, 1.54) is 23.9 Å². The molecule has 0 saturated carbocycles. The molecule has 1 N–H and O–H groups in total. The van der Waals surface area contributed by atoms with Gasteiger partial charge < -0.3 is 19.5 Å². The lowest BCUT2D eigenvalue weighted by Crippen LogP contribution is -2.24. The molecule has 0 radical (unpaired) electrons. The van der Waals surface area contributed by atoms with E-state index in [2.05, 4.69) is 5.32 Å². The number of ether oxygens (including phenoxy) is 3. The molecule has 146 valence electrons. The fourth-order valence-electron chi connectivity index (χ4n) is 2.32. The molecule has 9 nitrogen and oxygen atoms in total. The number of hydrogen-bond donors (Lipinski definition) is 1. The van der Waals surface area contributed by atoms with E-state index in [4.69, 9.17) is 14.2 Å². The first-order chi connectivity index (χ1) is 13.4. The monoisotopic (exact) mass is 404 g/mol. The summed E-state index contributed by atoms with van der Waals surface area (Å²) in [5, 5.41) is 12.7. The van der Waals surface area contributed by atoms with Gasteiger partial charge in [0.15, 0.2) is 18.1 Å². The number of fused-ring (bicyclic) bond motifs is 1. The number of thioether (sulfide) groups is 1. The summed E-state index contributed by atoms with van der Waals surface area (Å²) in [6.07, 6.45) is 0. The molecule has 1 amide bonds. The molecule has 0 unspecified atom stereocenters. The number of nitro benzene ring substituents is 1. The molecular weight excluding hydrogens is 388 g/mol. The molecule has 2 aromatic rings. The molecule has 0 fully saturated rings. The van der Waals surface area contributed by atoms with Crippen molar-refractivity contribution in [3.05, 3.63) is 52.6 Å². The molecule has 0 aromatic heterocycles. The Labute approximate surface area is 164 Å². The predicted molar refractivity (Wildman–Crippen MR) is 101 cm³/mol. The van der Waals surface area contributed by atoms with Gasteiger partial charge in [-0.2, -0.15) is 0 Å². The zero-order chi connectivity index (χ0) is 20.1. The van der Waals surface area contributed by atoms with Crippen molar-refractivity contribution in [2.24, 2.45) is 0 Å². The number of carbonyl (C=O) groups is 2. The Hall–Kier alpha value is -3.27. The number of nitrogens with one attached hydrogen (secondary N) is 1. The molecule has 0 saturated heterocycles. The highest BCUT2D eigenvalue weighted by Crippen LogP contribution is 2.34. The van der Waals surface area contributed by atoms with Gasteiger partial charge in [-0.25, -0.2) is 0 Å². The Morgan fingerprint density at radius 2 is 1.93 bits per heavy atom. The van der Waals surface area contributed by atoms with Crippen LogP contribution in [0.2, 0.25) is 0 Å². The minimum absolute atomic E-state index is 0.0280. The first-order valence-corrected chi connectivity index (χ1v) is 9.07. The van der Waals surface area contributed by atoms with Crippen molar-refractivity contribution in [2.45, 2.75) is 17.1 Å². The SMILES string of the molecule is C[C@@H](Sc1ccc([N+](=O)[O-])cc1)C(=O)OCC(=O)Nc1ccc2c(c1)OCO2. The molecule has 0 spiro atoms. The van der Waals surface area contributed by atoms with Gasteiger partial charge in [0.2, 0.25) is 6.79 Å². The van der Waals surface area contributed by atoms with Crippen molar-refractivity contribution < 1.29 is 28.7 Å². The number of amides is 1. The van der Waals surface area contributed by atoms with Crippen LogP contribution >= 0.6 is 11.8 Å². The van der Waals surface area contributed by atoms with Crippen LogP contribution in [0, 0.1) is 10.1 Å². The van der Waals surface area contributed by atoms with Crippen LogP contribution in [0.4, 0.5) is 11.4 Å². The van der Waals surface area contributed by atoms with Gasteiger partial charge in [0, 0.05) is 28.8 Å². The van der Waals surface area contributed by atoms with E-state index in [9.17, 15) is 19.7 Å². The number of nitro groups is 1. The van der Waals surface area contributed by atoms with E-state index in [0.717, 1.165) is 0 Å². The number of carbonyl (C=O) groups excluding carboxylic acids is 2. The second kappa shape index (κ2) is 8.61. The van der Waals surface area contributed by atoms with Crippen molar-refractivity contribution in [3.8, 4) is 11.5 Å². The maximum Gasteiger partial charge on any atom is 0.319 e. The third-order valence-corrected chi connectivity index (χ3v) is 4.78. The summed E-state index contributed by atoms with van der Waals surface area (Å²) in [6, 6.07) is 10.8. The van der Waals surface area contributed by atoms with Crippen LogP contribution in [-0.4, -0.2) is 35.4 Å². The summed E-state index contributed by atoms with van der Waals surface area (Å²) in [6.45, 7) is 1.33.